The first-order valence-electron chi connectivity index (χ1n) is 13.0. The molecule has 0 spiro atoms. The van der Waals surface area contributed by atoms with Crippen LogP contribution < -0.4 is 10.2 Å². The van der Waals surface area contributed by atoms with Gasteiger partial charge in [0, 0.05) is 61.9 Å². The lowest BCUT2D eigenvalue weighted by Gasteiger charge is -2.37. The van der Waals surface area contributed by atoms with Gasteiger partial charge in [-0.1, -0.05) is 43.3 Å². The molecule has 2 aliphatic rings. The van der Waals surface area contributed by atoms with Crippen LogP contribution in [-0.2, 0) is 6.54 Å². The van der Waals surface area contributed by atoms with Gasteiger partial charge in [0.05, 0.1) is 5.56 Å². The molecule has 3 heterocycles. The minimum atomic E-state index is 0.0503. The molecular formula is C30H38N4O. The summed E-state index contributed by atoms with van der Waals surface area (Å²) in [6.45, 7) is 15.7. The fourth-order valence-corrected chi connectivity index (χ4v) is 5.76. The predicted octanol–water partition coefficient (Wildman–Crippen LogP) is 5.14. The first-order chi connectivity index (χ1) is 16.9. The van der Waals surface area contributed by atoms with Gasteiger partial charge in [0.15, 0.2) is 0 Å². The van der Waals surface area contributed by atoms with Crippen molar-refractivity contribution in [2.45, 2.75) is 46.6 Å². The molecule has 1 saturated heterocycles. The minimum Gasteiger partial charge on any atom is -0.369 e. The molecule has 35 heavy (non-hydrogen) atoms. The zero-order chi connectivity index (χ0) is 24.5. The number of aromatic nitrogens is 1. The third kappa shape index (κ3) is 4.62. The average molecular weight is 471 g/mol. The normalized spacial score (nSPS) is 17.7. The van der Waals surface area contributed by atoms with Gasteiger partial charge in [0.25, 0.3) is 5.91 Å². The Kier molecular flexibility index (Phi) is 6.70. The number of amides is 1. The van der Waals surface area contributed by atoms with Crippen LogP contribution in [0.2, 0.25) is 0 Å². The van der Waals surface area contributed by atoms with E-state index >= 15 is 0 Å². The number of aryl methyl sites for hydroxylation is 1. The Hall–Kier alpha value is -3.05. The maximum atomic E-state index is 13.0. The molecule has 0 radical (unpaired) electrons. The highest BCUT2D eigenvalue weighted by Crippen LogP contribution is 2.38. The van der Waals surface area contributed by atoms with E-state index < -0.39 is 0 Å². The molecule has 5 nitrogen and oxygen atoms in total. The molecule has 0 bridgehead atoms. The van der Waals surface area contributed by atoms with Crippen molar-refractivity contribution in [2.24, 2.45) is 0 Å². The highest BCUT2D eigenvalue weighted by molar-refractivity contribution is 5.97. The Morgan fingerprint density at radius 2 is 1.77 bits per heavy atom. The first-order valence-corrected chi connectivity index (χ1v) is 13.0. The molecule has 3 aromatic rings. The van der Waals surface area contributed by atoms with E-state index in [1.54, 1.807) is 0 Å². The van der Waals surface area contributed by atoms with Crippen LogP contribution in [0, 0.1) is 20.8 Å². The lowest BCUT2D eigenvalue weighted by Crippen LogP contribution is -2.47. The molecule has 1 atom stereocenters. The summed E-state index contributed by atoms with van der Waals surface area (Å²) >= 11 is 0. The van der Waals surface area contributed by atoms with Crippen LogP contribution in [0.25, 0.3) is 11.3 Å². The second-order valence-electron chi connectivity index (χ2n) is 10.3. The largest absolute Gasteiger partial charge is 0.369 e. The lowest BCUT2D eigenvalue weighted by atomic mass is 9.91. The smallest absolute Gasteiger partial charge is 0.253 e. The monoisotopic (exact) mass is 470 g/mol. The van der Waals surface area contributed by atoms with Crippen LogP contribution in [0.5, 0.6) is 0 Å². The van der Waals surface area contributed by atoms with E-state index in [9.17, 15) is 4.79 Å². The predicted molar refractivity (Wildman–Crippen MR) is 145 cm³/mol. The number of carbonyl (C=O) groups is 1. The molecule has 0 saturated carbocycles. The van der Waals surface area contributed by atoms with E-state index in [1.807, 2.05) is 0 Å². The van der Waals surface area contributed by atoms with E-state index in [-0.39, 0.29) is 5.91 Å². The molecule has 1 amide bonds. The van der Waals surface area contributed by atoms with Crippen molar-refractivity contribution >= 4 is 11.6 Å². The highest BCUT2D eigenvalue weighted by atomic mass is 16.1. The molecule has 1 unspecified atom stereocenters. The van der Waals surface area contributed by atoms with E-state index in [0.717, 1.165) is 56.9 Å². The quantitative estimate of drug-likeness (QED) is 0.507. The Bertz CT molecular complexity index is 1220. The van der Waals surface area contributed by atoms with Crippen molar-refractivity contribution in [3.63, 3.8) is 0 Å². The van der Waals surface area contributed by atoms with E-state index in [2.05, 4.69) is 95.9 Å². The summed E-state index contributed by atoms with van der Waals surface area (Å²) in [7, 11) is 0. The Balaban J connectivity index is 1.12. The van der Waals surface area contributed by atoms with Crippen LogP contribution >= 0.6 is 0 Å². The topological polar surface area (TPSA) is 40.5 Å². The van der Waals surface area contributed by atoms with Gasteiger partial charge in [-0.2, -0.15) is 0 Å². The van der Waals surface area contributed by atoms with Gasteiger partial charge in [-0.3, -0.25) is 9.69 Å². The van der Waals surface area contributed by atoms with Crippen LogP contribution in [0.15, 0.2) is 48.5 Å². The van der Waals surface area contributed by atoms with Gasteiger partial charge < -0.3 is 14.8 Å². The van der Waals surface area contributed by atoms with Crippen LogP contribution in [0.4, 0.5) is 5.69 Å². The zero-order valence-electron chi connectivity index (χ0n) is 21.6. The summed E-state index contributed by atoms with van der Waals surface area (Å²) in [5.41, 5.74) is 9.81. The van der Waals surface area contributed by atoms with Gasteiger partial charge in [-0.05, 0) is 68.5 Å². The minimum absolute atomic E-state index is 0.0503. The summed E-state index contributed by atoms with van der Waals surface area (Å²) in [4.78, 5) is 18.1. The summed E-state index contributed by atoms with van der Waals surface area (Å²) in [5, 5.41) is 3.18. The van der Waals surface area contributed by atoms with Gasteiger partial charge in [-0.25, -0.2) is 0 Å². The van der Waals surface area contributed by atoms with Gasteiger partial charge in [-0.15, -0.1) is 0 Å². The molecule has 1 aromatic heterocycles. The summed E-state index contributed by atoms with van der Waals surface area (Å²) < 4.78 is 2.32. The van der Waals surface area contributed by atoms with Crippen molar-refractivity contribution < 1.29 is 4.79 Å². The maximum Gasteiger partial charge on any atom is 0.253 e. The molecular weight excluding hydrogens is 432 g/mol. The van der Waals surface area contributed by atoms with Crippen LogP contribution in [0.1, 0.15) is 52.0 Å². The van der Waals surface area contributed by atoms with Crippen molar-refractivity contribution in [2.75, 3.05) is 44.2 Å². The number of nitrogens with zero attached hydrogens (tertiary/aromatic N) is 3. The second kappa shape index (κ2) is 9.90. The van der Waals surface area contributed by atoms with Crippen LogP contribution in [-0.4, -0.2) is 54.6 Å². The first kappa shape index (κ1) is 23.7. The number of carbonyl (C=O) groups excluding carboxylic acids is 1. The lowest BCUT2D eigenvalue weighted by molar-refractivity contribution is 0.0950. The number of fused-ring (bicyclic) bond motifs is 3. The average Bonchev–Trinajstić information content (AvgIpc) is 3.20. The molecule has 184 valence electrons. The molecule has 0 aliphatic carbocycles. The Labute approximate surface area is 209 Å². The molecule has 5 heteroatoms. The van der Waals surface area contributed by atoms with E-state index in [0.29, 0.717) is 12.5 Å². The van der Waals surface area contributed by atoms with Crippen molar-refractivity contribution in [1.29, 1.82) is 0 Å². The number of rotatable bonds is 6. The second-order valence-corrected chi connectivity index (χ2v) is 10.3. The van der Waals surface area contributed by atoms with Crippen molar-refractivity contribution in [3.05, 3.63) is 76.5 Å². The molecule has 2 aromatic carbocycles. The highest BCUT2D eigenvalue weighted by Gasteiger charge is 2.26. The number of piperazine rings is 1. The van der Waals surface area contributed by atoms with Gasteiger partial charge in [0.1, 0.15) is 0 Å². The third-order valence-electron chi connectivity index (χ3n) is 8.06. The van der Waals surface area contributed by atoms with Gasteiger partial charge >= 0.3 is 0 Å². The molecule has 5 rings (SSSR count). The fourth-order valence-electron chi connectivity index (χ4n) is 5.76. The van der Waals surface area contributed by atoms with Crippen molar-refractivity contribution in [3.8, 4) is 11.3 Å². The SMILES string of the molecule is Cc1cccc(N2CCN(CCCNC(=O)c3cc4n(c3C)CC(C)c3ccccc3-4)CC2)c1C. The number of hydrogen-bond acceptors (Lipinski definition) is 3. The number of hydrogen-bond donors (Lipinski definition) is 1. The third-order valence-corrected chi connectivity index (χ3v) is 8.06. The number of nitrogens with one attached hydrogen (secondary N) is 1. The Morgan fingerprint density at radius 3 is 2.57 bits per heavy atom. The molecule has 2 aliphatic heterocycles. The molecule has 1 N–H and O–H groups in total. The summed E-state index contributed by atoms with van der Waals surface area (Å²) in [6, 6.07) is 17.3. The summed E-state index contributed by atoms with van der Waals surface area (Å²) in [6.07, 6.45) is 0.974. The van der Waals surface area contributed by atoms with E-state index in [4.69, 9.17) is 0 Å². The van der Waals surface area contributed by atoms with Crippen LogP contribution in [0.3, 0.4) is 0 Å². The number of benzene rings is 2. The maximum absolute atomic E-state index is 13.0. The van der Waals surface area contributed by atoms with Crippen molar-refractivity contribution in [1.82, 2.24) is 14.8 Å². The summed E-state index contributed by atoms with van der Waals surface area (Å²) in [5.74, 6) is 0.505. The fraction of sp³-hybridized carbons (Fsp3) is 0.433. The standard InChI is InChI=1S/C30H38N4O/c1-21-9-7-12-28(23(21)3)33-17-15-32(16-18-33)14-8-13-31-30(35)27-19-29-26-11-6-5-10-25(26)22(2)20-34(29)24(27)4/h5-7,9-12,19,22H,8,13-18,20H2,1-4H3,(H,31,35). The van der Waals surface area contributed by atoms with E-state index in [1.165, 1.54) is 33.6 Å². The zero-order valence-corrected chi connectivity index (χ0v) is 21.6. The Morgan fingerprint density at radius 1 is 1.00 bits per heavy atom. The molecule has 1 fully saturated rings. The number of anilines is 1. The van der Waals surface area contributed by atoms with Gasteiger partial charge in [0.2, 0.25) is 0 Å².